The van der Waals surface area contributed by atoms with Gasteiger partial charge in [-0.15, -0.1) is 0 Å². The molecule has 1 atom stereocenters. The van der Waals surface area contributed by atoms with Crippen LogP contribution in [0.2, 0.25) is 5.02 Å². The van der Waals surface area contributed by atoms with Gasteiger partial charge in [-0.1, -0.05) is 35.4 Å². The maximum atomic E-state index is 6.18. The van der Waals surface area contributed by atoms with Gasteiger partial charge >= 0.3 is 0 Å². The SMILES string of the molecule is CNC(Cc1c(C)cc(C)cc1C)c1cc(Cl)ccc1C. The van der Waals surface area contributed by atoms with Gasteiger partial charge in [-0.3, -0.25) is 0 Å². The zero-order chi connectivity index (χ0) is 15.6. The fourth-order valence-corrected chi connectivity index (χ4v) is 3.27. The van der Waals surface area contributed by atoms with E-state index in [1.54, 1.807) is 0 Å². The van der Waals surface area contributed by atoms with Gasteiger partial charge in [0.2, 0.25) is 0 Å². The molecule has 0 aliphatic rings. The van der Waals surface area contributed by atoms with Crippen LogP contribution < -0.4 is 5.32 Å². The van der Waals surface area contributed by atoms with Gasteiger partial charge in [0.1, 0.15) is 0 Å². The first-order valence-corrected chi connectivity index (χ1v) is 7.80. The number of hydrogen-bond acceptors (Lipinski definition) is 1. The molecule has 0 saturated carbocycles. The molecule has 0 saturated heterocycles. The summed E-state index contributed by atoms with van der Waals surface area (Å²) in [7, 11) is 2.02. The summed E-state index contributed by atoms with van der Waals surface area (Å²) in [6.07, 6.45) is 0.982. The molecule has 2 rings (SSSR count). The van der Waals surface area contributed by atoms with Crippen LogP contribution in [0.1, 0.15) is 39.4 Å². The van der Waals surface area contributed by atoms with Crippen LogP contribution in [0.15, 0.2) is 30.3 Å². The van der Waals surface area contributed by atoms with Crippen LogP contribution in [-0.2, 0) is 6.42 Å². The second-order valence-electron chi connectivity index (χ2n) is 5.92. The molecule has 0 bridgehead atoms. The van der Waals surface area contributed by atoms with E-state index in [9.17, 15) is 0 Å². The van der Waals surface area contributed by atoms with E-state index in [-0.39, 0.29) is 6.04 Å². The lowest BCUT2D eigenvalue weighted by atomic mass is 9.90. The van der Waals surface area contributed by atoms with Crippen molar-refractivity contribution < 1.29 is 0 Å². The van der Waals surface area contributed by atoms with E-state index in [4.69, 9.17) is 11.6 Å². The molecule has 2 heteroatoms. The Labute approximate surface area is 133 Å². The number of benzene rings is 2. The van der Waals surface area contributed by atoms with E-state index in [0.717, 1.165) is 11.4 Å². The van der Waals surface area contributed by atoms with Gasteiger partial charge in [-0.25, -0.2) is 0 Å². The van der Waals surface area contributed by atoms with Crippen molar-refractivity contribution >= 4 is 11.6 Å². The Bertz CT molecular complexity index is 623. The van der Waals surface area contributed by atoms with Crippen molar-refractivity contribution in [1.29, 1.82) is 0 Å². The second kappa shape index (κ2) is 6.64. The quantitative estimate of drug-likeness (QED) is 0.830. The normalized spacial score (nSPS) is 12.5. The first kappa shape index (κ1) is 16.1. The predicted octanol–water partition coefficient (Wildman–Crippen LogP) is 5.08. The summed E-state index contributed by atoms with van der Waals surface area (Å²) >= 11 is 6.18. The number of hydrogen-bond donors (Lipinski definition) is 1. The predicted molar refractivity (Wildman–Crippen MR) is 92.3 cm³/mol. The summed E-state index contributed by atoms with van der Waals surface area (Å²) in [4.78, 5) is 0. The van der Waals surface area contributed by atoms with Crippen LogP contribution in [0.3, 0.4) is 0 Å². The summed E-state index contributed by atoms with van der Waals surface area (Å²) in [6.45, 7) is 8.70. The van der Waals surface area contributed by atoms with E-state index in [0.29, 0.717) is 0 Å². The topological polar surface area (TPSA) is 12.0 Å². The van der Waals surface area contributed by atoms with Crippen LogP contribution >= 0.6 is 11.6 Å². The first-order chi connectivity index (χ1) is 9.92. The highest BCUT2D eigenvalue weighted by atomic mass is 35.5. The molecular formula is C19H24ClN. The van der Waals surface area contributed by atoms with E-state index in [2.05, 4.69) is 57.3 Å². The highest BCUT2D eigenvalue weighted by Gasteiger charge is 2.15. The lowest BCUT2D eigenvalue weighted by molar-refractivity contribution is 0.586. The van der Waals surface area contributed by atoms with E-state index in [1.807, 2.05) is 13.1 Å². The largest absolute Gasteiger partial charge is 0.313 e. The zero-order valence-corrected chi connectivity index (χ0v) is 14.3. The van der Waals surface area contributed by atoms with Gasteiger partial charge < -0.3 is 5.32 Å². The third-order valence-electron chi connectivity index (χ3n) is 4.21. The van der Waals surface area contributed by atoms with Crippen molar-refractivity contribution in [3.63, 3.8) is 0 Å². The maximum absolute atomic E-state index is 6.18. The number of aryl methyl sites for hydroxylation is 4. The molecule has 1 unspecified atom stereocenters. The Kier molecular flexibility index (Phi) is 5.08. The van der Waals surface area contributed by atoms with Crippen molar-refractivity contribution in [3.05, 3.63) is 68.7 Å². The minimum absolute atomic E-state index is 0.281. The molecule has 0 aliphatic carbocycles. The summed E-state index contributed by atoms with van der Waals surface area (Å²) in [5, 5.41) is 4.24. The number of halogens is 1. The lowest BCUT2D eigenvalue weighted by Crippen LogP contribution is -2.20. The van der Waals surface area contributed by atoms with Crippen molar-refractivity contribution in [2.75, 3.05) is 7.05 Å². The van der Waals surface area contributed by atoms with Crippen molar-refractivity contribution in [1.82, 2.24) is 5.32 Å². The number of rotatable bonds is 4. The smallest absolute Gasteiger partial charge is 0.0409 e. The first-order valence-electron chi connectivity index (χ1n) is 7.42. The van der Waals surface area contributed by atoms with Crippen LogP contribution in [-0.4, -0.2) is 7.05 Å². The summed E-state index contributed by atoms with van der Waals surface area (Å²) in [5.74, 6) is 0. The molecule has 0 aliphatic heterocycles. The number of likely N-dealkylation sites (N-methyl/N-ethyl adjacent to an activating group) is 1. The van der Waals surface area contributed by atoms with Crippen LogP contribution in [0.25, 0.3) is 0 Å². The fourth-order valence-electron chi connectivity index (χ4n) is 3.09. The minimum Gasteiger partial charge on any atom is -0.313 e. The second-order valence-corrected chi connectivity index (χ2v) is 6.36. The summed E-state index contributed by atoms with van der Waals surface area (Å²) in [5.41, 5.74) is 8.05. The molecular weight excluding hydrogens is 278 g/mol. The summed E-state index contributed by atoms with van der Waals surface area (Å²) < 4.78 is 0. The van der Waals surface area contributed by atoms with Gasteiger partial charge in [0.05, 0.1) is 0 Å². The molecule has 0 radical (unpaired) electrons. The Morgan fingerprint density at radius 1 is 0.952 bits per heavy atom. The fraction of sp³-hybridized carbons (Fsp3) is 0.368. The van der Waals surface area contributed by atoms with E-state index in [1.165, 1.54) is 33.4 Å². The standard InChI is InChI=1S/C19H24ClN/c1-12-8-14(3)17(15(4)9-12)11-19(21-5)18-10-16(20)7-6-13(18)2/h6-10,19,21H,11H2,1-5H3. The van der Waals surface area contributed by atoms with Crippen LogP contribution in [0, 0.1) is 27.7 Å². The van der Waals surface area contributed by atoms with E-state index < -0.39 is 0 Å². The third-order valence-corrected chi connectivity index (χ3v) is 4.45. The molecule has 0 spiro atoms. The lowest BCUT2D eigenvalue weighted by Gasteiger charge is -2.22. The highest BCUT2D eigenvalue weighted by molar-refractivity contribution is 6.30. The molecule has 1 N–H and O–H groups in total. The third kappa shape index (κ3) is 3.66. The van der Waals surface area contributed by atoms with E-state index >= 15 is 0 Å². The molecule has 2 aromatic carbocycles. The molecule has 21 heavy (non-hydrogen) atoms. The maximum Gasteiger partial charge on any atom is 0.0409 e. The average Bonchev–Trinajstić information content (AvgIpc) is 2.41. The Morgan fingerprint density at radius 2 is 1.57 bits per heavy atom. The van der Waals surface area contributed by atoms with Gasteiger partial charge in [-0.2, -0.15) is 0 Å². The Balaban J connectivity index is 2.38. The number of nitrogens with one attached hydrogen (secondary N) is 1. The van der Waals surface area contributed by atoms with Crippen molar-refractivity contribution in [2.45, 2.75) is 40.2 Å². The summed E-state index contributed by atoms with van der Waals surface area (Å²) in [6, 6.07) is 10.9. The van der Waals surface area contributed by atoms with Gasteiger partial charge in [0, 0.05) is 11.1 Å². The minimum atomic E-state index is 0.281. The molecule has 2 aromatic rings. The Hall–Kier alpha value is -1.31. The van der Waals surface area contributed by atoms with Gasteiger partial charge in [0.15, 0.2) is 0 Å². The van der Waals surface area contributed by atoms with Gasteiger partial charge in [0.25, 0.3) is 0 Å². The molecule has 1 nitrogen and oxygen atoms in total. The van der Waals surface area contributed by atoms with Gasteiger partial charge in [-0.05, 0) is 81.1 Å². The molecule has 0 fully saturated rings. The highest BCUT2D eigenvalue weighted by Crippen LogP contribution is 2.27. The van der Waals surface area contributed by atoms with Crippen LogP contribution in [0.4, 0.5) is 0 Å². The molecule has 112 valence electrons. The van der Waals surface area contributed by atoms with Crippen LogP contribution in [0.5, 0.6) is 0 Å². The molecule has 0 amide bonds. The molecule has 0 heterocycles. The Morgan fingerprint density at radius 3 is 2.14 bits per heavy atom. The monoisotopic (exact) mass is 301 g/mol. The molecule has 0 aromatic heterocycles. The van der Waals surface area contributed by atoms with Crippen molar-refractivity contribution in [3.8, 4) is 0 Å². The zero-order valence-electron chi connectivity index (χ0n) is 13.5. The average molecular weight is 302 g/mol. The van der Waals surface area contributed by atoms with Crippen molar-refractivity contribution in [2.24, 2.45) is 0 Å².